The largest absolute Gasteiger partial charge is 0.394 e. The molecule has 0 aromatic rings. The van der Waals surface area contributed by atoms with Gasteiger partial charge in [-0.25, -0.2) is 4.39 Å². The summed E-state index contributed by atoms with van der Waals surface area (Å²) in [5.74, 6) is -2.55. The van der Waals surface area contributed by atoms with E-state index >= 15 is 0 Å². The van der Waals surface area contributed by atoms with Crippen molar-refractivity contribution < 1.29 is 73.7 Å². The molecule has 4 aliphatic rings. The van der Waals surface area contributed by atoms with Crippen LogP contribution in [-0.4, -0.2) is 202 Å². The topological polar surface area (TPSA) is 379 Å². The lowest BCUT2D eigenvalue weighted by molar-refractivity contribution is -0.281. The Morgan fingerprint density at radius 3 is 2.10 bits per heavy atom. The number of ether oxygens (including phenoxy) is 5. The van der Waals surface area contributed by atoms with Crippen LogP contribution in [0.2, 0.25) is 0 Å². The average Bonchev–Trinajstić information content (AvgIpc) is 3.39. The van der Waals surface area contributed by atoms with E-state index in [0.717, 1.165) is 0 Å². The average molecular weight is 732 g/mol. The molecule has 22 heteroatoms. The number of aliphatic hydroxyl groups excluding tert-OH is 8. The number of hydrogen-bond acceptors (Lipinski definition) is 20. The van der Waals surface area contributed by atoms with E-state index in [1.807, 2.05) is 0 Å². The molecule has 292 valence electrons. The number of nitrogens with one attached hydrogen (secondary N) is 2. The Balaban J connectivity index is 1.63. The van der Waals surface area contributed by atoms with Gasteiger partial charge in [-0.2, -0.15) is 0 Å². The molecule has 0 bridgehead atoms. The number of hydrogen-bond donors (Lipinski definition) is 15. The van der Waals surface area contributed by atoms with E-state index in [0.29, 0.717) is 0 Å². The number of aliphatic hydroxyl groups is 8. The molecule has 1 saturated carbocycles. The highest BCUT2D eigenvalue weighted by atomic mass is 19.1. The fourth-order valence-corrected chi connectivity index (χ4v) is 7.04. The molecule has 21 atom stereocenters. The van der Waals surface area contributed by atoms with Gasteiger partial charge >= 0.3 is 0 Å². The van der Waals surface area contributed by atoms with Gasteiger partial charge in [0.1, 0.15) is 48.9 Å². The van der Waals surface area contributed by atoms with Crippen LogP contribution >= 0.6 is 0 Å². The Hall–Kier alpha value is -1.36. The molecular formula is C28H54FN7O14. The van der Waals surface area contributed by atoms with Crippen LogP contribution in [0, 0.1) is 5.92 Å². The molecule has 3 unspecified atom stereocenters. The van der Waals surface area contributed by atoms with Crippen molar-refractivity contribution in [3.63, 3.8) is 0 Å². The Morgan fingerprint density at radius 2 is 1.50 bits per heavy atom. The molecule has 3 heterocycles. The quantitative estimate of drug-likeness (QED) is 0.0836. The van der Waals surface area contributed by atoms with Gasteiger partial charge in [-0.05, 0) is 13.5 Å². The molecule has 0 spiro atoms. The molecule has 0 radical (unpaired) electrons. The first kappa shape index (κ1) is 41.4. The third-order valence-corrected chi connectivity index (χ3v) is 9.95. The molecule has 3 saturated heterocycles. The minimum Gasteiger partial charge on any atom is -0.394 e. The molecule has 50 heavy (non-hydrogen) atoms. The number of carbonyl (C=O) groups is 1. The van der Waals surface area contributed by atoms with E-state index in [1.165, 1.54) is 0 Å². The number of alkyl halides is 1. The minimum absolute atomic E-state index is 0.0134. The predicted molar refractivity (Wildman–Crippen MR) is 166 cm³/mol. The van der Waals surface area contributed by atoms with Crippen LogP contribution in [0.3, 0.4) is 0 Å². The molecule has 3 aliphatic heterocycles. The summed E-state index contributed by atoms with van der Waals surface area (Å²) in [6.45, 7) is -1.49. The zero-order valence-corrected chi connectivity index (χ0v) is 27.5. The Morgan fingerprint density at radius 1 is 0.860 bits per heavy atom. The maximum Gasteiger partial charge on any atom is 0.252 e. The van der Waals surface area contributed by atoms with Crippen LogP contribution in [-0.2, 0) is 28.5 Å². The van der Waals surface area contributed by atoms with Crippen LogP contribution in [0.1, 0.15) is 6.42 Å². The Labute approximate surface area is 287 Å². The van der Waals surface area contributed by atoms with Crippen LogP contribution in [0.4, 0.5) is 4.39 Å². The summed E-state index contributed by atoms with van der Waals surface area (Å²) in [5, 5.41) is 90.8. The van der Waals surface area contributed by atoms with Gasteiger partial charge in [0.15, 0.2) is 18.7 Å². The van der Waals surface area contributed by atoms with Gasteiger partial charge in [-0.1, -0.05) is 0 Å². The van der Waals surface area contributed by atoms with Crippen molar-refractivity contribution in [2.24, 2.45) is 34.6 Å². The van der Waals surface area contributed by atoms with Crippen molar-refractivity contribution in [3.8, 4) is 0 Å². The van der Waals surface area contributed by atoms with Crippen LogP contribution in [0.15, 0.2) is 0 Å². The molecule has 0 aromatic heterocycles. The number of halogens is 1. The molecule has 0 aromatic carbocycles. The molecule has 21 nitrogen and oxygen atoms in total. The number of nitrogens with two attached hydrogens (primary N) is 5. The van der Waals surface area contributed by atoms with E-state index in [9.17, 15) is 50.0 Å². The van der Waals surface area contributed by atoms with Crippen LogP contribution in [0.5, 0.6) is 0 Å². The predicted octanol–water partition coefficient (Wildman–Crippen LogP) is -9.55. The molecule has 1 aliphatic carbocycles. The number of carbonyl (C=O) groups excluding carboxylic acids is 1. The van der Waals surface area contributed by atoms with Gasteiger partial charge in [0.05, 0.1) is 49.2 Å². The summed E-state index contributed by atoms with van der Waals surface area (Å²) in [6.07, 6.45) is -24.3. The minimum atomic E-state index is -2.26. The third kappa shape index (κ3) is 8.38. The van der Waals surface area contributed by atoms with Gasteiger partial charge in [-0.3, -0.25) is 4.79 Å². The zero-order chi connectivity index (χ0) is 37.2. The number of rotatable bonds is 13. The van der Waals surface area contributed by atoms with Crippen molar-refractivity contribution in [1.29, 1.82) is 0 Å². The van der Waals surface area contributed by atoms with Crippen molar-refractivity contribution in [3.05, 3.63) is 0 Å². The highest BCUT2D eigenvalue weighted by molar-refractivity contribution is 5.81. The number of likely N-dealkylation sites (N-methyl/N-ethyl adjacent to an activating group) is 1. The summed E-state index contributed by atoms with van der Waals surface area (Å²) in [5.41, 5.74) is 29.8. The highest BCUT2D eigenvalue weighted by Crippen LogP contribution is 2.39. The van der Waals surface area contributed by atoms with E-state index < -0.39 is 147 Å². The zero-order valence-electron chi connectivity index (χ0n) is 27.5. The Bertz CT molecular complexity index is 1100. The lowest BCUT2D eigenvalue weighted by Crippen LogP contribution is -2.74. The standard InChI is InChI=1S/C28H54FN7O14/c1-35-5-11-9(38)2-8(32)23(46-11)13-14(33)19(41)16(36-26(45)17(39)7(29)3-30)21(43)25(13)50-28-22(44)24(12(6-37)48-28)49-27-15(34)20(42)18(40)10(4-31)47-27/h7-25,27-28,35,37-44H,2-6,30-34H2,1H3,(H,36,45)/t7-,8-,9+,10+,11?,12?,13?,14-,15-,16-,17+,18-,19+,20-,21+,22-,23+,24-,25+,27-,28+/m1/s1. The Kier molecular flexibility index (Phi) is 14.6. The van der Waals surface area contributed by atoms with E-state index in [2.05, 4.69) is 10.6 Å². The molecule has 1 amide bonds. The lowest BCUT2D eigenvalue weighted by Gasteiger charge is -2.52. The summed E-state index contributed by atoms with van der Waals surface area (Å²) < 4.78 is 43.5. The van der Waals surface area contributed by atoms with Crippen molar-refractivity contribution >= 4 is 5.91 Å². The lowest BCUT2D eigenvalue weighted by atomic mass is 9.70. The second-order valence-corrected chi connectivity index (χ2v) is 13.3. The van der Waals surface area contributed by atoms with Crippen LogP contribution < -0.4 is 39.3 Å². The van der Waals surface area contributed by atoms with Gasteiger partial charge in [-0.15, -0.1) is 0 Å². The summed E-state index contributed by atoms with van der Waals surface area (Å²) in [7, 11) is 1.62. The normalized spacial score (nSPS) is 48.3. The molecule has 4 rings (SSSR count). The summed E-state index contributed by atoms with van der Waals surface area (Å²) in [6, 6.07) is -5.35. The first-order chi connectivity index (χ1) is 23.6. The first-order valence-corrected chi connectivity index (χ1v) is 16.5. The van der Waals surface area contributed by atoms with Gasteiger partial charge in [0, 0.05) is 37.6 Å². The van der Waals surface area contributed by atoms with Gasteiger partial charge < -0.3 is 104 Å². The fraction of sp³-hybridized carbons (Fsp3) is 0.964. The van der Waals surface area contributed by atoms with Crippen molar-refractivity contribution in [2.75, 3.05) is 33.3 Å². The molecule has 20 N–H and O–H groups in total. The monoisotopic (exact) mass is 731 g/mol. The van der Waals surface area contributed by atoms with Crippen molar-refractivity contribution in [2.45, 2.75) is 129 Å². The fourth-order valence-electron chi connectivity index (χ4n) is 7.04. The molecular weight excluding hydrogens is 677 g/mol. The first-order valence-electron chi connectivity index (χ1n) is 16.5. The van der Waals surface area contributed by atoms with E-state index in [-0.39, 0.29) is 19.5 Å². The van der Waals surface area contributed by atoms with Gasteiger partial charge in [0.2, 0.25) is 0 Å². The molecule has 4 fully saturated rings. The maximum atomic E-state index is 14.1. The SMILES string of the molecule is CNCC1O[C@H](C2[C@@H](N)[C@H](O)[C@@H](NC(=O)[C@@H](O)[C@H](F)CN)[C@H](O)[C@H]2O[C@@H]2OC(CO)[C@@H](O[C@H]3O[C@@H](CN)[C@@H](O)[C@H](O)[C@H]3N)[C@H]2O)[C@H](N)C[C@@H]1O. The highest BCUT2D eigenvalue weighted by Gasteiger charge is 2.58. The second-order valence-electron chi connectivity index (χ2n) is 13.3. The number of amides is 1. The summed E-state index contributed by atoms with van der Waals surface area (Å²) in [4.78, 5) is 12.7. The smallest absolute Gasteiger partial charge is 0.252 e. The van der Waals surface area contributed by atoms with Crippen LogP contribution in [0.25, 0.3) is 0 Å². The second kappa shape index (κ2) is 17.6. The van der Waals surface area contributed by atoms with E-state index in [4.69, 9.17) is 52.4 Å². The van der Waals surface area contributed by atoms with Gasteiger partial charge in [0.25, 0.3) is 5.91 Å². The summed E-state index contributed by atoms with van der Waals surface area (Å²) >= 11 is 0. The van der Waals surface area contributed by atoms with Crippen molar-refractivity contribution in [1.82, 2.24) is 10.6 Å². The third-order valence-electron chi connectivity index (χ3n) is 9.95. The maximum absolute atomic E-state index is 14.1. The van der Waals surface area contributed by atoms with E-state index in [1.54, 1.807) is 7.05 Å².